The summed E-state index contributed by atoms with van der Waals surface area (Å²) >= 11 is 0. The van der Waals surface area contributed by atoms with E-state index in [9.17, 15) is 5.11 Å². The Labute approximate surface area is 105 Å². The lowest BCUT2D eigenvalue weighted by Gasteiger charge is -2.37. The van der Waals surface area contributed by atoms with E-state index >= 15 is 0 Å². The fourth-order valence-corrected chi connectivity index (χ4v) is 2.59. The van der Waals surface area contributed by atoms with Crippen LogP contribution in [-0.2, 0) is 4.74 Å². The molecule has 0 aromatic rings. The van der Waals surface area contributed by atoms with Crippen molar-refractivity contribution in [3.05, 3.63) is 0 Å². The summed E-state index contributed by atoms with van der Waals surface area (Å²) in [4.78, 5) is 2.51. The summed E-state index contributed by atoms with van der Waals surface area (Å²) in [5.74, 6) is 0. The molecular weight excluding hydrogens is 216 g/mol. The van der Waals surface area contributed by atoms with Crippen LogP contribution < -0.4 is 5.32 Å². The summed E-state index contributed by atoms with van der Waals surface area (Å²) in [5.41, 5.74) is 0. The van der Waals surface area contributed by atoms with Crippen LogP contribution in [0.25, 0.3) is 0 Å². The van der Waals surface area contributed by atoms with Crippen LogP contribution in [0, 0.1) is 0 Å². The molecule has 0 saturated carbocycles. The first kappa shape index (κ1) is 14.9. The molecule has 0 radical (unpaired) electrons. The first-order valence-corrected chi connectivity index (χ1v) is 6.82. The van der Waals surface area contributed by atoms with Crippen LogP contribution >= 0.6 is 0 Å². The zero-order valence-electron chi connectivity index (χ0n) is 11.5. The number of aliphatic hydroxyl groups excluding tert-OH is 1. The minimum atomic E-state index is 0.233. The quantitative estimate of drug-likeness (QED) is 0.697. The highest BCUT2D eigenvalue weighted by Gasteiger charge is 2.25. The Morgan fingerprint density at radius 3 is 2.82 bits per heavy atom. The smallest absolute Gasteiger partial charge is 0.0598 e. The summed E-state index contributed by atoms with van der Waals surface area (Å²) in [6, 6.07) is 0.835. The third-order valence-electron chi connectivity index (χ3n) is 3.78. The molecule has 1 aliphatic rings. The van der Waals surface area contributed by atoms with Gasteiger partial charge < -0.3 is 20.1 Å². The van der Waals surface area contributed by atoms with Gasteiger partial charge in [0.1, 0.15) is 0 Å². The molecule has 1 aliphatic heterocycles. The van der Waals surface area contributed by atoms with Gasteiger partial charge in [-0.25, -0.2) is 0 Å². The van der Waals surface area contributed by atoms with Crippen LogP contribution in [0.4, 0.5) is 0 Å². The SMILES string of the molecule is CCNC(CO)CCN1CCC(OC)CC1C. The fourth-order valence-electron chi connectivity index (χ4n) is 2.59. The number of rotatable bonds is 7. The number of nitrogens with zero attached hydrogens (tertiary/aromatic N) is 1. The van der Waals surface area contributed by atoms with Gasteiger partial charge in [0, 0.05) is 25.7 Å². The molecule has 1 saturated heterocycles. The second-order valence-electron chi connectivity index (χ2n) is 4.99. The van der Waals surface area contributed by atoms with Crippen molar-refractivity contribution in [2.75, 3.05) is 33.4 Å². The second-order valence-corrected chi connectivity index (χ2v) is 4.99. The van der Waals surface area contributed by atoms with Crippen molar-refractivity contribution in [2.45, 2.75) is 51.3 Å². The van der Waals surface area contributed by atoms with E-state index in [-0.39, 0.29) is 12.6 Å². The van der Waals surface area contributed by atoms with Crippen LogP contribution in [0.5, 0.6) is 0 Å². The first-order valence-electron chi connectivity index (χ1n) is 6.82. The van der Waals surface area contributed by atoms with Crippen LogP contribution in [-0.4, -0.2) is 61.5 Å². The van der Waals surface area contributed by atoms with Gasteiger partial charge in [-0.2, -0.15) is 0 Å². The van der Waals surface area contributed by atoms with Crippen molar-refractivity contribution in [3.8, 4) is 0 Å². The summed E-state index contributed by atoms with van der Waals surface area (Å²) in [5, 5.41) is 12.5. The zero-order valence-corrected chi connectivity index (χ0v) is 11.5. The predicted molar refractivity (Wildman–Crippen MR) is 70.2 cm³/mol. The molecule has 0 aliphatic carbocycles. The fraction of sp³-hybridized carbons (Fsp3) is 1.00. The molecule has 0 spiro atoms. The molecule has 3 atom stereocenters. The van der Waals surface area contributed by atoms with Gasteiger partial charge in [-0.15, -0.1) is 0 Å². The van der Waals surface area contributed by atoms with E-state index in [1.54, 1.807) is 7.11 Å². The number of piperidine rings is 1. The number of hydrogen-bond donors (Lipinski definition) is 2. The van der Waals surface area contributed by atoms with E-state index in [1.807, 2.05) is 0 Å². The van der Waals surface area contributed by atoms with Gasteiger partial charge in [-0.3, -0.25) is 0 Å². The van der Waals surface area contributed by atoms with Crippen LogP contribution in [0.1, 0.15) is 33.1 Å². The Balaban J connectivity index is 2.27. The van der Waals surface area contributed by atoms with Gasteiger partial charge in [0.2, 0.25) is 0 Å². The van der Waals surface area contributed by atoms with E-state index in [1.165, 1.54) is 0 Å². The summed E-state index contributed by atoms with van der Waals surface area (Å²) < 4.78 is 5.42. The van der Waals surface area contributed by atoms with Crippen molar-refractivity contribution >= 4 is 0 Å². The molecule has 3 unspecified atom stereocenters. The molecule has 0 aromatic carbocycles. The highest BCUT2D eigenvalue weighted by molar-refractivity contribution is 4.80. The van der Waals surface area contributed by atoms with E-state index < -0.39 is 0 Å². The van der Waals surface area contributed by atoms with Crippen LogP contribution in [0.2, 0.25) is 0 Å². The molecule has 1 heterocycles. The van der Waals surface area contributed by atoms with Crippen LogP contribution in [0.15, 0.2) is 0 Å². The van der Waals surface area contributed by atoms with Crippen molar-refractivity contribution in [2.24, 2.45) is 0 Å². The standard InChI is InChI=1S/C13H28N2O2/c1-4-14-12(10-16)5-7-15-8-6-13(17-3)9-11(15)2/h11-14,16H,4-10H2,1-3H3. The predicted octanol–water partition coefficient (Wildman–Crippen LogP) is 0.846. The summed E-state index contributed by atoms with van der Waals surface area (Å²) in [7, 11) is 1.81. The maximum atomic E-state index is 9.23. The number of likely N-dealkylation sites (N-methyl/N-ethyl adjacent to an activating group) is 1. The molecule has 2 N–H and O–H groups in total. The highest BCUT2D eigenvalue weighted by Crippen LogP contribution is 2.19. The third kappa shape index (κ3) is 4.92. The average Bonchev–Trinajstić information content (AvgIpc) is 2.35. The van der Waals surface area contributed by atoms with Gasteiger partial charge >= 0.3 is 0 Å². The monoisotopic (exact) mass is 244 g/mol. The molecule has 0 bridgehead atoms. The lowest BCUT2D eigenvalue weighted by molar-refractivity contribution is 0.0141. The Kier molecular flexibility index (Phi) is 7.04. The number of aliphatic hydroxyl groups is 1. The molecule has 1 rings (SSSR count). The molecule has 102 valence electrons. The van der Waals surface area contributed by atoms with Crippen molar-refractivity contribution in [3.63, 3.8) is 0 Å². The normalized spacial score (nSPS) is 28.2. The minimum Gasteiger partial charge on any atom is -0.395 e. The van der Waals surface area contributed by atoms with E-state index in [0.717, 1.165) is 38.9 Å². The second kappa shape index (κ2) is 8.03. The van der Waals surface area contributed by atoms with E-state index in [0.29, 0.717) is 12.1 Å². The zero-order chi connectivity index (χ0) is 12.7. The van der Waals surface area contributed by atoms with Gasteiger partial charge in [0.05, 0.1) is 12.7 Å². The molecule has 4 heteroatoms. The number of ether oxygens (including phenoxy) is 1. The summed E-state index contributed by atoms with van der Waals surface area (Å²) in [6.07, 6.45) is 3.71. The summed E-state index contributed by atoms with van der Waals surface area (Å²) in [6.45, 7) is 7.69. The van der Waals surface area contributed by atoms with Crippen molar-refractivity contribution in [1.82, 2.24) is 10.2 Å². The molecule has 17 heavy (non-hydrogen) atoms. The Hall–Kier alpha value is -0.160. The van der Waals surface area contributed by atoms with Gasteiger partial charge in [-0.1, -0.05) is 6.92 Å². The first-order chi connectivity index (χ1) is 8.21. The lowest BCUT2D eigenvalue weighted by Crippen LogP contribution is -2.45. The highest BCUT2D eigenvalue weighted by atomic mass is 16.5. The van der Waals surface area contributed by atoms with E-state index in [2.05, 4.69) is 24.1 Å². The molecule has 0 aromatic heterocycles. The molecule has 1 fully saturated rings. The Morgan fingerprint density at radius 1 is 1.53 bits per heavy atom. The van der Waals surface area contributed by atoms with Gasteiger partial charge in [0.25, 0.3) is 0 Å². The topological polar surface area (TPSA) is 44.7 Å². The number of likely N-dealkylation sites (tertiary alicyclic amines) is 1. The molecule has 0 amide bonds. The van der Waals surface area contributed by atoms with Crippen molar-refractivity contribution < 1.29 is 9.84 Å². The number of nitrogens with one attached hydrogen (secondary N) is 1. The van der Waals surface area contributed by atoms with Gasteiger partial charge in [-0.05, 0) is 39.3 Å². The maximum Gasteiger partial charge on any atom is 0.0598 e. The average molecular weight is 244 g/mol. The molecule has 4 nitrogen and oxygen atoms in total. The largest absolute Gasteiger partial charge is 0.395 e. The maximum absolute atomic E-state index is 9.23. The lowest BCUT2D eigenvalue weighted by atomic mass is 10.00. The van der Waals surface area contributed by atoms with E-state index in [4.69, 9.17) is 4.74 Å². The minimum absolute atomic E-state index is 0.233. The van der Waals surface area contributed by atoms with Gasteiger partial charge in [0.15, 0.2) is 0 Å². The number of methoxy groups -OCH3 is 1. The van der Waals surface area contributed by atoms with Crippen molar-refractivity contribution in [1.29, 1.82) is 0 Å². The third-order valence-corrected chi connectivity index (χ3v) is 3.78. The van der Waals surface area contributed by atoms with Crippen LogP contribution in [0.3, 0.4) is 0 Å². The molecular formula is C13H28N2O2. The Morgan fingerprint density at radius 2 is 2.29 bits per heavy atom. The Bertz CT molecular complexity index is 202. The number of hydrogen-bond acceptors (Lipinski definition) is 4.